The van der Waals surface area contributed by atoms with Gasteiger partial charge in [-0.3, -0.25) is 9.78 Å². The lowest BCUT2D eigenvalue weighted by molar-refractivity contribution is -0.145. The maximum absolute atomic E-state index is 11.7. The van der Waals surface area contributed by atoms with Gasteiger partial charge >= 0.3 is 5.97 Å². The number of esters is 1. The first-order valence-corrected chi connectivity index (χ1v) is 8.38. The molecule has 120 valence electrons. The topological polar surface area (TPSA) is 65.2 Å². The Bertz CT molecular complexity index is 521. The van der Waals surface area contributed by atoms with Gasteiger partial charge in [0.25, 0.3) is 0 Å². The molecule has 2 unspecified atom stereocenters. The number of carbonyl (C=O) groups is 1. The van der Waals surface area contributed by atoms with E-state index in [2.05, 4.69) is 4.98 Å². The molecule has 0 spiro atoms. The van der Waals surface area contributed by atoms with Crippen LogP contribution >= 0.6 is 12.2 Å². The van der Waals surface area contributed by atoms with Gasteiger partial charge in [0.15, 0.2) is 0 Å². The van der Waals surface area contributed by atoms with Crippen LogP contribution in [0, 0.1) is 5.92 Å². The second-order valence-electron chi connectivity index (χ2n) is 5.95. The van der Waals surface area contributed by atoms with Gasteiger partial charge in [-0.2, -0.15) is 0 Å². The van der Waals surface area contributed by atoms with E-state index < -0.39 is 5.41 Å². The first kappa shape index (κ1) is 16.9. The zero-order chi connectivity index (χ0) is 16.0. The molecule has 4 nitrogen and oxygen atoms in total. The quantitative estimate of drug-likeness (QED) is 0.644. The summed E-state index contributed by atoms with van der Waals surface area (Å²) in [5.74, 6) is -0.0140. The number of nitrogens with two attached hydrogens (primary N) is 1. The van der Waals surface area contributed by atoms with E-state index in [4.69, 9.17) is 22.7 Å². The minimum atomic E-state index is -0.408. The van der Waals surface area contributed by atoms with Crippen molar-refractivity contribution in [3.63, 3.8) is 0 Å². The fraction of sp³-hybridized carbons (Fsp3) is 0.588. The van der Waals surface area contributed by atoms with E-state index in [0.717, 1.165) is 37.7 Å². The average Bonchev–Trinajstić information content (AvgIpc) is 2.54. The summed E-state index contributed by atoms with van der Waals surface area (Å²) in [4.78, 5) is 16.4. The van der Waals surface area contributed by atoms with Crippen molar-refractivity contribution < 1.29 is 9.53 Å². The van der Waals surface area contributed by atoms with Gasteiger partial charge in [0.2, 0.25) is 0 Å². The maximum Gasteiger partial charge on any atom is 0.305 e. The second kappa shape index (κ2) is 7.68. The molecule has 1 aliphatic rings. The summed E-state index contributed by atoms with van der Waals surface area (Å²) in [6.45, 7) is 2.35. The number of hydrogen-bond donors (Lipinski definition) is 1. The fourth-order valence-corrected chi connectivity index (χ4v) is 3.80. The molecular formula is C17H24N2O2S. The minimum absolute atomic E-state index is 0.128. The molecule has 1 heterocycles. The van der Waals surface area contributed by atoms with E-state index in [0.29, 0.717) is 18.0 Å². The van der Waals surface area contributed by atoms with E-state index in [1.54, 1.807) is 6.20 Å². The fourth-order valence-electron chi connectivity index (χ4n) is 3.41. The van der Waals surface area contributed by atoms with Gasteiger partial charge < -0.3 is 10.5 Å². The molecule has 5 heteroatoms. The Labute approximate surface area is 137 Å². The number of carbonyl (C=O) groups excluding carboxylic acids is 1. The monoisotopic (exact) mass is 320 g/mol. The molecule has 1 aliphatic carbocycles. The van der Waals surface area contributed by atoms with Crippen molar-refractivity contribution in [3.05, 3.63) is 30.1 Å². The maximum atomic E-state index is 11.7. The summed E-state index contributed by atoms with van der Waals surface area (Å²) < 4.78 is 5.47. The van der Waals surface area contributed by atoms with Crippen LogP contribution in [0.5, 0.6) is 0 Å². The summed E-state index contributed by atoms with van der Waals surface area (Å²) in [7, 11) is 0. The summed E-state index contributed by atoms with van der Waals surface area (Å²) >= 11 is 5.43. The van der Waals surface area contributed by atoms with Gasteiger partial charge in [-0.05, 0) is 30.9 Å². The molecule has 0 aromatic carbocycles. The van der Waals surface area contributed by atoms with E-state index in [9.17, 15) is 4.79 Å². The first-order chi connectivity index (χ1) is 10.6. The third kappa shape index (κ3) is 3.46. The van der Waals surface area contributed by atoms with Crippen LogP contribution in [0.3, 0.4) is 0 Å². The number of aromatic nitrogens is 1. The second-order valence-corrected chi connectivity index (χ2v) is 6.39. The Morgan fingerprint density at radius 3 is 3.00 bits per heavy atom. The van der Waals surface area contributed by atoms with Crippen LogP contribution in [0.1, 0.15) is 51.0 Å². The van der Waals surface area contributed by atoms with E-state index in [-0.39, 0.29) is 11.9 Å². The van der Waals surface area contributed by atoms with Crippen molar-refractivity contribution in [2.75, 3.05) is 6.61 Å². The van der Waals surface area contributed by atoms with Crippen molar-refractivity contribution in [3.8, 4) is 0 Å². The van der Waals surface area contributed by atoms with Gasteiger partial charge in [0.1, 0.15) is 0 Å². The third-order valence-electron chi connectivity index (χ3n) is 4.59. The van der Waals surface area contributed by atoms with Gasteiger partial charge in [-0.1, -0.05) is 38.0 Å². The molecule has 22 heavy (non-hydrogen) atoms. The van der Waals surface area contributed by atoms with Crippen LogP contribution in [0.4, 0.5) is 0 Å². The molecule has 1 aromatic rings. The Morgan fingerprint density at radius 2 is 2.36 bits per heavy atom. The Balaban J connectivity index is 2.24. The lowest BCUT2D eigenvalue weighted by Gasteiger charge is -2.43. The Morgan fingerprint density at radius 1 is 1.55 bits per heavy atom. The van der Waals surface area contributed by atoms with Crippen LogP contribution < -0.4 is 5.73 Å². The van der Waals surface area contributed by atoms with Crippen LogP contribution in [0.15, 0.2) is 24.5 Å². The predicted molar refractivity (Wildman–Crippen MR) is 90.5 cm³/mol. The highest BCUT2D eigenvalue weighted by Gasteiger charge is 2.45. The largest absolute Gasteiger partial charge is 0.465 e. The molecule has 2 N–H and O–H groups in total. The van der Waals surface area contributed by atoms with Crippen molar-refractivity contribution in [1.29, 1.82) is 0 Å². The molecule has 2 rings (SSSR count). The van der Waals surface area contributed by atoms with Crippen molar-refractivity contribution in [2.24, 2.45) is 11.7 Å². The van der Waals surface area contributed by atoms with Crippen molar-refractivity contribution >= 4 is 23.2 Å². The lowest BCUT2D eigenvalue weighted by atomic mass is 9.63. The molecule has 0 saturated heterocycles. The van der Waals surface area contributed by atoms with Crippen LogP contribution in [0.25, 0.3) is 0 Å². The number of thiocarbonyl (C=S) groups is 1. The van der Waals surface area contributed by atoms with Crippen molar-refractivity contribution in [2.45, 2.75) is 50.9 Å². The lowest BCUT2D eigenvalue weighted by Crippen LogP contribution is -2.50. The minimum Gasteiger partial charge on any atom is -0.465 e. The summed E-state index contributed by atoms with van der Waals surface area (Å²) in [5.41, 5.74) is 6.78. The first-order valence-electron chi connectivity index (χ1n) is 7.97. The normalized spacial score (nSPS) is 24.7. The number of hydrogen-bond acceptors (Lipinski definition) is 4. The smallest absolute Gasteiger partial charge is 0.305 e. The van der Waals surface area contributed by atoms with Crippen molar-refractivity contribution in [1.82, 2.24) is 4.98 Å². The average molecular weight is 320 g/mol. The molecule has 1 aromatic heterocycles. The summed E-state index contributed by atoms with van der Waals surface area (Å²) in [6, 6.07) is 3.93. The zero-order valence-corrected chi connectivity index (χ0v) is 13.9. The zero-order valence-electron chi connectivity index (χ0n) is 13.1. The highest BCUT2D eigenvalue weighted by molar-refractivity contribution is 7.80. The number of rotatable bonds is 6. The summed E-state index contributed by atoms with van der Waals surface area (Å²) in [6.07, 6.45) is 8.88. The molecule has 0 bridgehead atoms. The predicted octanol–water partition coefficient (Wildman–Crippen LogP) is 3.14. The molecule has 1 fully saturated rings. The summed E-state index contributed by atoms with van der Waals surface area (Å²) in [5, 5.41) is 0. The Kier molecular flexibility index (Phi) is 5.89. The number of pyridine rings is 1. The van der Waals surface area contributed by atoms with E-state index in [1.165, 1.54) is 0 Å². The molecule has 0 aliphatic heterocycles. The SMILES string of the molecule is CCCC(=O)OCC1CCCCC1(C(N)=S)c1cccnc1. The molecule has 2 atom stereocenters. The Hall–Kier alpha value is -1.49. The standard InChI is InChI=1S/C17H24N2O2S/c1-2-6-15(20)21-12-14-7-3-4-9-17(14,16(18)22)13-8-5-10-19-11-13/h5,8,10-11,14H,2-4,6-7,9,12H2,1H3,(H2,18,22). The van der Waals surface area contributed by atoms with Crippen LogP contribution in [-0.4, -0.2) is 22.5 Å². The molecular weight excluding hydrogens is 296 g/mol. The molecule has 0 amide bonds. The number of nitrogens with zero attached hydrogens (tertiary/aromatic N) is 1. The highest BCUT2D eigenvalue weighted by atomic mass is 32.1. The van der Waals surface area contributed by atoms with Crippen LogP contribution in [0.2, 0.25) is 0 Å². The van der Waals surface area contributed by atoms with E-state index >= 15 is 0 Å². The van der Waals surface area contributed by atoms with E-state index in [1.807, 2.05) is 25.3 Å². The van der Waals surface area contributed by atoms with Gasteiger partial charge in [0.05, 0.1) is 17.0 Å². The molecule has 1 saturated carbocycles. The van der Waals surface area contributed by atoms with Gasteiger partial charge in [-0.25, -0.2) is 0 Å². The van der Waals surface area contributed by atoms with Crippen LogP contribution in [-0.2, 0) is 14.9 Å². The highest BCUT2D eigenvalue weighted by Crippen LogP contribution is 2.44. The number of ether oxygens (including phenoxy) is 1. The molecule has 0 radical (unpaired) electrons. The third-order valence-corrected chi connectivity index (χ3v) is 4.95. The van der Waals surface area contributed by atoms with Gasteiger partial charge in [0, 0.05) is 24.7 Å². The van der Waals surface area contributed by atoms with Gasteiger partial charge in [-0.15, -0.1) is 0 Å².